The van der Waals surface area contributed by atoms with Crippen LogP contribution in [0.1, 0.15) is 79.9 Å². The van der Waals surface area contributed by atoms with Gasteiger partial charge in [-0.15, -0.1) is 0 Å². The summed E-state index contributed by atoms with van der Waals surface area (Å²) in [7, 11) is 0. The minimum atomic E-state index is 0.256. The molecule has 2 rings (SSSR count). The van der Waals surface area contributed by atoms with E-state index in [2.05, 4.69) is 46.8 Å². The molecule has 0 N–H and O–H groups in total. The third-order valence-corrected chi connectivity index (χ3v) is 4.25. The lowest BCUT2D eigenvalue weighted by atomic mass is 9.84. The second-order valence-corrected chi connectivity index (χ2v) is 6.42. The number of aryl methyl sites for hydroxylation is 1. The van der Waals surface area contributed by atoms with E-state index in [-0.39, 0.29) is 5.41 Å². The van der Waals surface area contributed by atoms with Crippen LogP contribution in [0.25, 0.3) is 0 Å². The number of hydrogen-bond acceptors (Lipinski definition) is 1. The maximum atomic E-state index is 12.1. The van der Waals surface area contributed by atoms with E-state index in [0.717, 1.165) is 17.5 Å². The normalized spacial score (nSPS) is 20.8. The molecule has 0 saturated carbocycles. The topological polar surface area (TPSA) is 17.1 Å². The number of rotatable bonds is 3. The van der Waals surface area contributed by atoms with Crippen LogP contribution in [-0.2, 0) is 5.41 Å². The van der Waals surface area contributed by atoms with Gasteiger partial charge in [0.2, 0.25) is 0 Å². The first-order chi connectivity index (χ1) is 8.36. The van der Waals surface area contributed by atoms with Crippen molar-refractivity contribution < 1.29 is 4.79 Å². The number of benzene rings is 1. The van der Waals surface area contributed by atoms with Crippen molar-refractivity contribution in [3.8, 4) is 0 Å². The lowest BCUT2D eigenvalue weighted by molar-refractivity contribution is 0.0981. The Kier molecular flexibility index (Phi) is 3.35. The van der Waals surface area contributed by atoms with E-state index in [0.29, 0.717) is 18.1 Å². The lowest BCUT2D eigenvalue weighted by Crippen LogP contribution is -2.13. The van der Waals surface area contributed by atoms with Crippen LogP contribution in [0.5, 0.6) is 0 Å². The zero-order valence-electron chi connectivity index (χ0n) is 12.3. The second kappa shape index (κ2) is 4.53. The molecule has 1 atom stereocenters. The summed E-state index contributed by atoms with van der Waals surface area (Å²) in [6, 6.07) is 4.42. The van der Waals surface area contributed by atoms with Gasteiger partial charge in [0.05, 0.1) is 0 Å². The predicted octanol–water partition coefficient (Wildman–Crippen LogP) is 4.76. The summed E-state index contributed by atoms with van der Waals surface area (Å²) in [4.78, 5) is 12.1. The highest BCUT2D eigenvalue weighted by molar-refractivity contribution is 5.97. The third-order valence-electron chi connectivity index (χ3n) is 4.25. The Morgan fingerprint density at radius 2 is 2.06 bits per heavy atom. The van der Waals surface area contributed by atoms with Gasteiger partial charge in [0.15, 0.2) is 5.78 Å². The van der Waals surface area contributed by atoms with Crippen molar-refractivity contribution in [1.29, 1.82) is 0 Å². The molecule has 1 aromatic rings. The average Bonchev–Trinajstić information content (AvgIpc) is 2.48. The smallest absolute Gasteiger partial charge is 0.163 e. The maximum absolute atomic E-state index is 12.1. The summed E-state index contributed by atoms with van der Waals surface area (Å²) in [5, 5.41) is 0. The Balaban J connectivity index is 2.50. The SMILES string of the molecule is CCCC(=O)c1cc2c(cc1C)C(C)(C)CC2C. The van der Waals surface area contributed by atoms with Gasteiger partial charge in [0.25, 0.3) is 0 Å². The summed E-state index contributed by atoms with van der Waals surface area (Å²) >= 11 is 0. The van der Waals surface area contributed by atoms with Crippen molar-refractivity contribution in [3.63, 3.8) is 0 Å². The molecular weight excluding hydrogens is 220 g/mol. The van der Waals surface area contributed by atoms with Gasteiger partial charge in [0.1, 0.15) is 0 Å². The molecule has 1 nitrogen and oxygen atoms in total. The largest absolute Gasteiger partial charge is 0.294 e. The predicted molar refractivity (Wildman–Crippen MR) is 76.5 cm³/mol. The molecule has 98 valence electrons. The van der Waals surface area contributed by atoms with Crippen molar-refractivity contribution in [2.24, 2.45) is 0 Å². The van der Waals surface area contributed by atoms with E-state index < -0.39 is 0 Å². The Hall–Kier alpha value is -1.11. The standard InChI is InChI=1S/C17H24O/c1-6-7-16(18)14-9-13-12(3)10-17(4,5)15(13)8-11(14)2/h8-9,12H,6-7,10H2,1-5H3. The van der Waals surface area contributed by atoms with E-state index in [9.17, 15) is 4.79 Å². The Morgan fingerprint density at radius 3 is 2.67 bits per heavy atom. The van der Waals surface area contributed by atoms with Crippen molar-refractivity contribution in [2.75, 3.05) is 0 Å². The van der Waals surface area contributed by atoms with Crippen molar-refractivity contribution >= 4 is 5.78 Å². The minimum Gasteiger partial charge on any atom is -0.294 e. The van der Waals surface area contributed by atoms with E-state index >= 15 is 0 Å². The number of hydrogen-bond donors (Lipinski definition) is 0. The second-order valence-electron chi connectivity index (χ2n) is 6.42. The van der Waals surface area contributed by atoms with Crippen LogP contribution in [0.15, 0.2) is 12.1 Å². The van der Waals surface area contributed by atoms with Crippen molar-refractivity contribution in [2.45, 2.75) is 65.2 Å². The summed E-state index contributed by atoms with van der Waals surface area (Å²) in [6.45, 7) is 11.0. The van der Waals surface area contributed by atoms with Crippen LogP contribution in [0.2, 0.25) is 0 Å². The van der Waals surface area contributed by atoms with Crippen LogP contribution >= 0.6 is 0 Å². The summed E-state index contributed by atoms with van der Waals surface area (Å²) in [5.41, 5.74) is 5.19. The van der Waals surface area contributed by atoms with E-state index in [4.69, 9.17) is 0 Å². The fraction of sp³-hybridized carbons (Fsp3) is 0.588. The average molecular weight is 244 g/mol. The molecule has 1 aliphatic rings. The van der Waals surface area contributed by atoms with Gasteiger partial charge in [-0.1, -0.05) is 33.8 Å². The zero-order chi connectivity index (χ0) is 13.5. The Bertz CT molecular complexity index is 483. The van der Waals surface area contributed by atoms with E-state index in [1.165, 1.54) is 17.5 Å². The fourth-order valence-corrected chi connectivity index (χ4v) is 3.37. The van der Waals surface area contributed by atoms with Gasteiger partial charge < -0.3 is 0 Å². The molecule has 1 aliphatic carbocycles. The highest BCUT2D eigenvalue weighted by atomic mass is 16.1. The number of carbonyl (C=O) groups excluding carboxylic acids is 1. The summed E-state index contributed by atoms with van der Waals surface area (Å²) in [6.07, 6.45) is 2.78. The number of ketones is 1. The molecule has 1 unspecified atom stereocenters. The molecule has 0 saturated heterocycles. The first kappa shape index (κ1) is 13.3. The minimum absolute atomic E-state index is 0.256. The molecule has 1 aromatic carbocycles. The third kappa shape index (κ3) is 2.11. The molecule has 0 aromatic heterocycles. The number of Topliss-reactive ketones (excluding diaryl/α,β-unsaturated/α-hetero) is 1. The summed E-state index contributed by atoms with van der Waals surface area (Å²) in [5.74, 6) is 0.874. The Morgan fingerprint density at radius 1 is 1.39 bits per heavy atom. The quantitative estimate of drug-likeness (QED) is 0.700. The van der Waals surface area contributed by atoms with E-state index in [1.54, 1.807) is 0 Å². The zero-order valence-corrected chi connectivity index (χ0v) is 12.3. The van der Waals surface area contributed by atoms with Crippen LogP contribution in [0.3, 0.4) is 0 Å². The van der Waals surface area contributed by atoms with Gasteiger partial charge in [0, 0.05) is 12.0 Å². The highest BCUT2D eigenvalue weighted by Gasteiger charge is 2.35. The molecule has 1 heteroatoms. The molecule has 0 spiro atoms. The van der Waals surface area contributed by atoms with Gasteiger partial charge in [-0.3, -0.25) is 4.79 Å². The Labute approximate surface area is 111 Å². The summed E-state index contributed by atoms with van der Waals surface area (Å²) < 4.78 is 0. The van der Waals surface area contributed by atoms with Crippen molar-refractivity contribution in [3.05, 3.63) is 34.4 Å². The molecule has 0 fully saturated rings. The number of fused-ring (bicyclic) bond motifs is 1. The lowest BCUT2D eigenvalue weighted by Gasteiger charge is -2.20. The molecular formula is C17H24O. The van der Waals surface area contributed by atoms with Gasteiger partial charge in [-0.25, -0.2) is 0 Å². The number of carbonyl (C=O) groups is 1. The molecule has 18 heavy (non-hydrogen) atoms. The first-order valence-corrected chi connectivity index (χ1v) is 7.05. The molecule has 0 amide bonds. The van der Waals surface area contributed by atoms with Crippen LogP contribution in [-0.4, -0.2) is 5.78 Å². The fourth-order valence-electron chi connectivity index (χ4n) is 3.37. The van der Waals surface area contributed by atoms with Crippen molar-refractivity contribution in [1.82, 2.24) is 0 Å². The molecule has 0 heterocycles. The van der Waals surface area contributed by atoms with Crippen LogP contribution in [0.4, 0.5) is 0 Å². The van der Waals surface area contributed by atoms with Crippen LogP contribution < -0.4 is 0 Å². The molecule has 0 radical (unpaired) electrons. The maximum Gasteiger partial charge on any atom is 0.163 e. The van der Waals surface area contributed by atoms with Gasteiger partial charge in [-0.2, -0.15) is 0 Å². The molecule has 0 aliphatic heterocycles. The van der Waals surface area contributed by atoms with Gasteiger partial charge in [-0.05, 0) is 53.9 Å². The highest BCUT2D eigenvalue weighted by Crippen LogP contribution is 2.46. The first-order valence-electron chi connectivity index (χ1n) is 7.05. The van der Waals surface area contributed by atoms with E-state index in [1.807, 2.05) is 0 Å². The van der Waals surface area contributed by atoms with Gasteiger partial charge >= 0.3 is 0 Å². The monoisotopic (exact) mass is 244 g/mol. The molecule has 0 bridgehead atoms. The van der Waals surface area contributed by atoms with Crippen LogP contribution in [0, 0.1) is 6.92 Å².